The van der Waals surface area contributed by atoms with Crippen molar-refractivity contribution in [1.82, 2.24) is 15.0 Å². The van der Waals surface area contributed by atoms with Crippen molar-refractivity contribution in [2.45, 2.75) is 0 Å². The van der Waals surface area contributed by atoms with Crippen LogP contribution >= 0.6 is 11.6 Å². The molecule has 0 saturated heterocycles. The third kappa shape index (κ3) is 4.68. The molecule has 8 heteroatoms. The molecule has 0 bridgehead atoms. The summed E-state index contributed by atoms with van der Waals surface area (Å²) in [5.41, 5.74) is 0.152. The molecule has 94 valence electrons. The van der Waals surface area contributed by atoms with Crippen LogP contribution in [-0.2, 0) is 10.0 Å². The van der Waals surface area contributed by atoms with Gasteiger partial charge in [-0.3, -0.25) is 4.79 Å². The first kappa shape index (κ1) is 13.9. The zero-order chi connectivity index (χ0) is 12.9. The van der Waals surface area contributed by atoms with Gasteiger partial charge in [-0.2, -0.15) is 0 Å². The highest BCUT2D eigenvalue weighted by Crippen LogP contribution is 2.04. The van der Waals surface area contributed by atoms with Gasteiger partial charge in [-0.25, -0.2) is 18.1 Å². The van der Waals surface area contributed by atoms with E-state index in [9.17, 15) is 13.2 Å². The minimum absolute atomic E-state index is 0.0101. The highest BCUT2D eigenvalue weighted by atomic mass is 35.5. The summed E-state index contributed by atoms with van der Waals surface area (Å²) in [5, 5.41) is 2.65. The SMILES string of the molecule is CNS(=O)(=O)CCNC(=O)c1cccc(Cl)n1. The summed E-state index contributed by atoms with van der Waals surface area (Å²) < 4.78 is 24.3. The van der Waals surface area contributed by atoms with Crippen molar-refractivity contribution in [3.63, 3.8) is 0 Å². The zero-order valence-corrected chi connectivity index (χ0v) is 10.7. The van der Waals surface area contributed by atoms with Gasteiger partial charge in [0, 0.05) is 6.54 Å². The second kappa shape index (κ2) is 5.95. The smallest absolute Gasteiger partial charge is 0.269 e. The molecule has 0 fully saturated rings. The Hall–Kier alpha value is -1.18. The summed E-state index contributed by atoms with van der Waals surface area (Å²) in [6.45, 7) is 0.0101. The van der Waals surface area contributed by atoms with Crippen LogP contribution in [0.3, 0.4) is 0 Å². The number of hydrogen-bond donors (Lipinski definition) is 2. The Bertz CT molecular complexity index is 504. The van der Waals surface area contributed by atoms with E-state index in [-0.39, 0.29) is 23.1 Å². The average Bonchev–Trinajstić information content (AvgIpc) is 2.28. The molecule has 0 radical (unpaired) electrons. The maximum atomic E-state index is 11.5. The van der Waals surface area contributed by atoms with E-state index in [1.165, 1.54) is 13.1 Å². The topological polar surface area (TPSA) is 88.2 Å². The van der Waals surface area contributed by atoms with E-state index in [1.807, 2.05) is 0 Å². The second-order valence-electron chi connectivity index (χ2n) is 3.12. The van der Waals surface area contributed by atoms with Crippen LogP contribution in [0.1, 0.15) is 10.5 Å². The van der Waals surface area contributed by atoms with E-state index in [1.54, 1.807) is 12.1 Å². The summed E-state index contributed by atoms with van der Waals surface area (Å²) in [5.74, 6) is -0.644. The van der Waals surface area contributed by atoms with Gasteiger partial charge in [0.15, 0.2) is 0 Å². The van der Waals surface area contributed by atoms with Crippen LogP contribution in [-0.4, -0.2) is 38.7 Å². The maximum absolute atomic E-state index is 11.5. The van der Waals surface area contributed by atoms with E-state index in [4.69, 9.17) is 11.6 Å². The van der Waals surface area contributed by atoms with Gasteiger partial charge in [-0.05, 0) is 19.2 Å². The third-order valence-corrected chi connectivity index (χ3v) is 3.49. The Morgan fingerprint density at radius 3 is 2.76 bits per heavy atom. The van der Waals surface area contributed by atoms with Crippen molar-refractivity contribution < 1.29 is 13.2 Å². The predicted molar refractivity (Wildman–Crippen MR) is 64.4 cm³/mol. The maximum Gasteiger partial charge on any atom is 0.269 e. The number of halogens is 1. The molecule has 0 spiro atoms. The number of carbonyl (C=O) groups excluding carboxylic acids is 1. The Morgan fingerprint density at radius 1 is 1.47 bits per heavy atom. The molecule has 0 aromatic carbocycles. The molecule has 1 heterocycles. The summed E-state index contributed by atoms with van der Waals surface area (Å²) >= 11 is 5.62. The number of nitrogens with zero attached hydrogens (tertiary/aromatic N) is 1. The molecule has 0 aliphatic rings. The number of nitrogens with one attached hydrogen (secondary N) is 2. The molecule has 1 aromatic heterocycles. The predicted octanol–water partition coefficient (Wildman–Crippen LogP) is 0.0140. The minimum atomic E-state index is -3.32. The van der Waals surface area contributed by atoms with Crippen molar-refractivity contribution in [3.05, 3.63) is 29.0 Å². The van der Waals surface area contributed by atoms with Crippen LogP contribution in [0.2, 0.25) is 5.15 Å². The Balaban J connectivity index is 2.51. The van der Waals surface area contributed by atoms with Gasteiger partial charge in [0.25, 0.3) is 5.91 Å². The highest BCUT2D eigenvalue weighted by Gasteiger charge is 2.10. The van der Waals surface area contributed by atoms with E-state index >= 15 is 0 Å². The molecular weight excluding hydrogens is 266 g/mol. The molecule has 0 unspecified atom stereocenters. The first-order chi connectivity index (χ1) is 7.94. The normalized spacial score (nSPS) is 11.2. The molecule has 0 atom stereocenters. The van der Waals surface area contributed by atoms with Gasteiger partial charge in [-0.15, -0.1) is 0 Å². The van der Waals surface area contributed by atoms with Crippen LogP contribution in [0.25, 0.3) is 0 Å². The van der Waals surface area contributed by atoms with Gasteiger partial charge in [0.05, 0.1) is 5.75 Å². The third-order valence-electron chi connectivity index (χ3n) is 1.92. The lowest BCUT2D eigenvalue weighted by Gasteiger charge is -2.05. The van der Waals surface area contributed by atoms with Crippen molar-refractivity contribution in [2.24, 2.45) is 0 Å². The van der Waals surface area contributed by atoms with Crippen molar-refractivity contribution in [1.29, 1.82) is 0 Å². The fourth-order valence-corrected chi connectivity index (χ4v) is 1.76. The van der Waals surface area contributed by atoms with Gasteiger partial charge < -0.3 is 5.32 Å². The lowest BCUT2D eigenvalue weighted by molar-refractivity contribution is 0.0951. The van der Waals surface area contributed by atoms with Crippen LogP contribution in [0.15, 0.2) is 18.2 Å². The summed E-state index contributed by atoms with van der Waals surface area (Å²) in [4.78, 5) is 15.3. The van der Waals surface area contributed by atoms with Crippen LogP contribution in [0.4, 0.5) is 0 Å². The first-order valence-electron chi connectivity index (χ1n) is 4.76. The molecule has 0 aliphatic heterocycles. The Morgan fingerprint density at radius 2 is 2.18 bits per heavy atom. The summed E-state index contributed by atoms with van der Waals surface area (Å²) in [7, 11) is -2.00. The fraction of sp³-hybridized carbons (Fsp3) is 0.333. The first-order valence-corrected chi connectivity index (χ1v) is 6.79. The van der Waals surface area contributed by atoms with Gasteiger partial charge in [0.1, 0.15) is 10.8 Å². The number of carbonyl (C=O) groups is 1. The molecule has 1 aromatic rings. The van der Waals surface area contributed by atoms with E-state index in [0.29, 0.717) is 0 Å². The molecule has 2 N–H and O–H groups in total. The number of hydrogen-bond acceptors (Lipinski definition) is 4. The molecule has 1 rings (SSSR count). The monoisotopic (exact) mass is 277 g/mol. The lowest BCUT2D eigenvalue weighted by atomic mass is 10.3. The van der Waals surface area contributed by atoms with Crippen molar-refractivity contribution in [3.8, 4) is 0 Å². The van der Waals surface area contributed by atoms with Crippen molar-refractivity contribution in [2.75, 3.05) is 19.3 Å². The Labute approximate surface area is 104 Å². The molecule has 6 nitrogen and oxygen atoms in total. The lowest BCUT2D eigenvalue weighted by Crippen LogP contribution is -2.33. The van der Waals surface area contributed by atoms with E-state index < -0.39 is 15.9 Å². The van der Waals surface area contributed by atoms with Gasteiger partial charge >= 0.3 is 0 Å². The van der Waals surface area contributed by atoms with Gasteiger partial charge in [-0.1, -0.05) is 17.7 Å². The minimum Gasteiger partial charge on any atom is -0.350 e. The molecule has 0 saturated carbocycles. The second-order valence-corrected chi connectivity index (χ2v) is 5.56. The van der Waals surface area contributed by atoms with Crippen LogP contribution in [0, 0.1) is 0 Å². The van der Waals surface area contributed by atoms with E-state index in [2.05, 4.69) is 15.0 Å². The number of rotatable bonds is 5. The highest BCUT2D eigenvalue weighted by molar-refractivity contribution is 7.89. The Kier molecular flexibility index (Phi) is 4.86. The fourth-order valence-electron chi connectivity index (χ4n) is 1.03. The standard InChI is InChI=1S/C9H12ClN3O3S/c1-11-17(15,16)6-5-12-9(14)7-3-2-4-8(10)13-7/h2-4,11H,5-6H2,1H3,(H,12,14). The van der Waals surface area contributed by atoms with E-state index in [0.717, 1.165) is 0 Å². The molecule has 1 amide bonds. The zero-order valence-electron chi connectivity index (χ0n) is 9.10. The van der Waals surface area contributed by atoms with Crippen LogP contribution < -0.4 is 10.0 Å². The number of pyridine rings is 1. The summed E-state index contributed by atoms with van der Waals surface area (Å²) in [6.07, 6.45) is 0. The van der Waals surface area contributed by atoms with Crippen molar-refractivity contribution >= 4 is 27.5 Å². The number of amides is 1. The molecular formula is C9H12ClN3O3S. The number of sulfonamides is 1. The summed E-state index contributed by atoms with van der Waals surface area (Å²) in [6, 6.07) is 4.63. The largest absolute Gasteiger partial charge is 0.350 e. The molecule has 0 aliphatic carbocycles. The number of aromatic nitrogens is 1. The average molecular weight is 278 g/mol. The molecule has 17 heavy (non-hydrogen) atoms. The van der Waals surface area contributed by atoms with Crippen LogP contribution in [0.5, 0.6) is 0 Å². The van der Waals surface area contributed by atoms with Gasteiger partial charge in [0.2, 0.25) is 10.0 Å². The quantitative estimate of drug-likeness (QED) is 0.743.